The van der Waals surface area contributed by atoms with Crippen LogP contribution in [0.1, 0.15) is 79.6 Å². The van der Waals surface area contributed by atoms with Crippen LogP contribution in [0.5, 0.6) is 0 Å². The Bertz CT molecular complexity index is 1050. The third kappa shape index (κ3) is 2.73. The van der Waals surface area contributed by atoms with E-state index in [0.717, 1.165) is 11.1 Å². The predicted molar refractivity (Wildman–Crippen MR) is 127 cm³/mol. The van der Waals surface area contributed by atoms with Gasteiger partial charge in [-0.05, 0) is 89.7 Å². The molecule has 0 aromatic carbocycles. The van der Waals surface area contributed by atoms with E-state index in [2.05, 4.69) is 0 Å². The number of cyclic esters (lactones) is 1. The molecule has 34 heavy (non-hydrogen) atoms. The van der Waals surface area contributed by atoms with Crippen LogP contribution in [0.25, 0.3) is 0 Å². The zero-order valence-corrected chi connectivity index (χ0v) is 21.0. The number of hydrogen-bond donors (Lipinski definition) is 3. The minimum absolute atomic E-state index is 0.0719. The van der Waals surface area contributed by atoms with Gasteiger partial charge in [0.1, 0.15) is 11.7 Å². The Morgan fingerprint density at radius 3 is 2.47 bits per heavy atom. The fourth-order valence-corrected chi connectivity index (χ4v) is 8.30. The Morgan fingerprint density at radius 2 is 1.79 bits per heavy atom. The quantitative estimate of drug-likeness (QED) is 0.421. The normalized spacial score (nSPS) is 47.9. The third-order valence-corrected chi connectivity index (χ3v) is 10.9. The molecule has 8 atom stereocenters. The van der Waals surface area contributed by atoms with Crippen molar-refractivity contribution in [3.05, 3.63) is 34.9 Å². The van der Waals surface area contributed by atoms with Gasteiger partial charge in [0.15, 0.2) is 5.78 Å². The van der Waals surface area contributed by atoms with E-state index in [1.165, 1.54) is 0 Å². The molecule has 0 saturated heterocycles. The number of rotatable bonds is 2. The fraction of sp³-hybridized carbons (Fsp3) is 0.714. The number of ether oxygens (including phenoxy) is 1. The maximum atomic E-state index is 13.2. The molecular formula is C28H38O6. The second kappa shape index (κ2) is 7.14. The van der Waals surface area contributed by atoms with Crippen molar-refractivity contribution in [2.75, 3.05) is 0 Å². The summed E-state index contributed by atoms with van der Waals surface area (Å²) in [6, 6.07) is 0. The lowest BCUT2D eigenvalue weighted by molar-refractivity contribution is -0.193. The highest BCUT2D eigenvalue weighted by atomic mass is 16.6. The van der Waals surface area contributed by atoms with Crippen molar-refractivity contribution < 1.29 is 29.6 Å². The Morgan fingerprint density at radius 1 is 1.09 bits per heavy atom. The highest BCUT2D eigenvalue weighted by molar-refractivity contribution is 5.97. The largest absolute Gasteiger partial charge is 0.456 e. The number of carbonyl (C=O) groups excluding carboxylic acids is 2. The van der Waals surface area contributed by atoms with E-state index in [1.54, 1.807) is 26.0 Å². The van der Waals surface area contributed by atoms with Crippen LogP contribution in [-0.2, 0) is 14.3 Å². The first-order valence-electron chi connectivity index (χ1n) is 12.7. The van der Waals surface area contributed by atoms with Gasteiger partial charge in [-0.2, -0.15) is 0 Å². The average molecular weight is 471 g/mol. The lowest BCUT2D eigenvalue weighted by Crippen LogP contribution is -2.65. The molecule has 3 N–H and O–H groups in total. The summed E-state index contributed by atoms with van der Waals surface area (Å²) in [7, 11) is 0. The molecular weight excluding hydrogens is 432 g/mol. The Balaban J connectivity index is 1.52. The monoisotopic (exact) mass is 470 g/mol. The van der Waals surface area contributed by atoms with Crippen molar-refractivity contribution >= 4 is 11.8 Å². The van der Waals surface area contributed by atoms with E-state index >= 15 is 0 Å². The smallest absolute Gasteiger partial charge is 0.334 e. The van der Waals surface area contributed by atoms with Crippen LogP contribution in [0.3, 0.4) is 0 Å². The molecule has 1 heterocycles. The summed E-state index contributed by atoms with van der Waals surface area (Å²) < 4.78 is 5.70. The number of fused-ring (bicyclic) bond motifs is 5. The van der Waals surface area contributed by atoms with E-state index in [0.29, 0.717) is 50.5 Å². The van der Waals surface area contributed by atoms with E-state index < -0.39 is 33.7 Å². The molecule has 5 rings (SSSR count). The van der Waals surface area contributed by atoms with Gasteiger partial charge in [0, 0.05) is 17.4 Å². The van der Waals surface area contributed by atoms with Gasteiger partial charge in [-0.1, -0.05) is 24.6 Å². The van der Waals surface area contributed by atoms with Crippen molar-refractivity contribution in [3.8, 4) is 0 Å². The third-order valence-electron chi connectivity index (χ3n) is 10.9. The zero-order chi connectivity index (χ0) is 24.9. The SMILES string of the molecule is CC1=C(C)C(=O)OC(C(C)(O)C2CCC3(O)C4=CCC5(O)CC=CC(=O)C5(C)C4CCC23C)C1. The summed E-state index contributed by atoms with van der Waals surface area (Å²) in [6.45, 7) is 9.31. The van der Waals surface area contributed by atoms with Gasteiger partial charge >= 0.3 is 5.97 Å². The Hall–Kier alpha value is -1.76. The van der Waals surface area contributed by atoms with Gasteiger partial charge in [-0.25, -0.2) is 4.79 Å². The number of esters is 1. The molecule has 2 saturated carbocycles. The number of hydrogen-bond acceptors (Lipinski definition) is 6. The fourth-order valence-electron chi connectivity index (χ4n) is 8.30. The molecule has 6 heteroatoms. The lowest BCUT2D eigenvalue weighted by atomic mass is 9.45. The standard InChI is InChI=1S/C28H38O6/c1-16-15-22(34-23(30)17(16)2)26(5,31)20-10-14-28(33)19-9-13-27(32)11-6-7-21(29)25(27,4)18(19)8-12-24(20,28)3/h6-7,9,18,20,22,31-33H,8,10-15H2,1-5H3. The lowest BCUT2D eigenvalue weighted by Gasteiger charge is -2.61. The molecule has 0 radical (unpaired) electrons. The molecule has 0 aromatic rings. The van der Waals surface area contributed by atoms with Crippen LogP contribution < -0.4 is 0 Å². The first kappa shape index (κ1) is 24.0. The topological polar surface area (TPSA) is 104 Å². The van der Waals surface area contributed by atoms with Crippen molar-refractivity contribution in [2.24, 2.45) is 22.7 Å². The number of allylic oxidation sites excluding steroid dienone is 1. The summed E-state index contributed by atoms with van der Waals surface area (Å²) in [5.41, 5.74) is -2.88. The van der Waals surface area contributed by atoms with Crippen molar-refractivity contribution in [2.45, 2.75) is 102 Å². The van der Waals surface area contributed by atoms with E-state index in [-0.39, 0.29) is 23.6 Å². The van der Waals surface area contributed by atoms with Gasteiger partial charge < -0.3 is 20.1 Å². The van der Waals surface area contributed by atoms with E-state index in [9.17, 15) is 24.9 Å². The van der Waals surface area contributed by atoms with Gasteiger partial charge in [0.2, 0.25) is 0 Å². The van der Waals surface area contributed by atoms with Crippen LogP contribution in [0.4, 0.5) is 0 Å². The molecule has 0 amide bonds. The van der Waals surface area contributed by atoms with Crippen LogP contribution in [0.2, 0.25) is 0 Å². The highest BCUT2D eigenvalue weighted by Crippen LogP contribution is 2.69. The first-order chi connectivity index (χ1) is 15.7. The second-order valence-corrected chi connectivity index (χ2v) is 12.3. The summed E-state index contributed by atoms with van der Waals surface area (Å²) in [5, 5.41) is 35.7. The summed E-state index contributed by atoms with van der Waals surface area (Å²) in [5.74, 6) is -0.989. The molecule has 1 aliphatic heterocycles. The number of aliphatic hydroxyl groups is 3. The molecule has 8 unspecified atom stereocenters. The maximum absolute atomic E-state index is 13.2. The zero-order valence-electron chi connectivity index (χ0n) is 21.0. The van der Waals surface area contributed by atoms with Gasteiger partial charge in [0.25, 0.3) is 0 Å². The summed E-state index contributed by atoms with van der Waals surface area (Å²) >= 11 is 0. The molecule has 0 aromatic heterocycles. The van der Waals surface area contributed by atoms with E-state index in [4.69, 9.17) is 4.74 Å². The highest BCUT2D eigenvalue weighted by Gasteiger charge is 2.70. The van der Waals surface area contributed by atoms with E-state index in [1.807, 2.05) is 26.8 Å². The Labute approximate surface area is 201 Å². The summed E-state index contributed by atoms with van der Waals surface area (Å²) in [6.07, 6.45) is 8.23. The maximum Gasteiger partial charge on any atom is 0.334 e. The first-order valence-corrected chi connectivity index (χ1v) is 12.7. The minimum Gasteiger partial charge on any atom is -0.456 e. The predicted octanol–water partition coefficient (Wildman–Crippen LogP) is 3.54. The van der Waals surface area contributed by atoms with Crippen molar-refractivity contribution in [3.63, 3.8) is 0 Å². The summed E-state index contributed by atoms with van der Waals surface area (Å²) in [4.78, 5) is 25.6. The Kier molecular flexibility index (Phi) is 5.03. The van der Waals surface area contributed by atoms with Crippen molar-refractivity contribution in [1.82, 2.24) is 0 Å². The molecule has 0 bridgehead atoms. The average Bonchev–Trinajstić information content (AvgIpc) is 3.05. The van der Waals surface area contributed by atoms with Crippen molar-refractivity contribution in [1.29, 1.82) is 0 Å². The minimum atomic E-state index is -1.31. The van der Waals surface area contributed by atoms with Gasteiger partial charge in [0.05, 0.1) is 16.6 Å². The van der Waals surface area contributed by atoms with Gasteiger partial charge in [-0.15, -0.1) is 0 Å². The molecule has 186 valence electrons. The second-order valence-electron chi connectivity index (χ2n) is 12.3. The van der Waals surface area contributed by atoms with Gasteiger partial charge in [-0.3, -0.25) is 4.79 Å². The van der Waals surface area contributed by atoms with Crippen LogP contribution in [-0.4, -0.2) is 50.0 Å². The van der Waals surface area contributed by atoms with Crippen LogP contribution >= 0.6 is 0 Å². The molecule has 0 spiro atoms. The number of ketones is 1. The van der Waals surface area contributed by atoms with Crippen LogP contribution in [0.15, 0.2) is 34.9 Å². The molecule has 4 aliphatic carbocycles. The molecule has 6 nitrogen and oxygen atoms in total. The molecule has 5 aliphatic rings. The van der Waals surface area contributed by atoms with Crippen LogP contribution in [0, 0.1) is 22.7 Å². The number of carbonyl (C=O) groups is 2. The molecule has 2 fully saturated rings.